The first-order valence-corrected chi connectivity index (χ1v) is 11.8. The second-order valence-corrected chi connectivity index (χ2v) is 10.5. The molecule has 2 atom stereocenters. The number of thioether (sulfide) groups is 1. The van der Waals surface area contributed by atoms with Crippen molar-refractivity contribution in [2.75, 3.05) is 16.8 Å². The number of nitrogens with zero attached hydrogens (tertiary/aromatic N) is 1. The summed E-state index contributed by atoms with van der Waals surface area (Å²) >= 11 is 7.67. The summed E-state index contributed by atoms with van der Waals surface area (Å²) in [5.41, 5.74) is 2.07. The van der Waals surface area contributed by atoms with Crippen molar-refractivity contribution in [3.8, 4) is 0 Å². The molecule has 146 valence electrons. The van der Waals surface area contributed by atoms with Gasteiger partial charge in [0, 0.05) is 17.4 Å². The van der Waals surface area contributed by atoms with Gasteiger partial charge in [0.05, 0.1) is 28.3 Å². The molecule has 4 rings (SSSR count). The van der Waals surface area contributed by atoms with E-state index < -0.39 is 9.84 Å². The summed E-state index contributed by atoms with van der Waals surface area (Å²) in [7, 11) is -2.99. The van der Waals surface area contributed by atoms with Crippen molar-refractivity contribution in [3.05, 3.63) is 64.7 Å². The average molecular weight is 436 g/mol. The van der Waals surface area contributed by atoms with Crippen LogP contribution in [0.2, 0.25) is 5.02 Å². The van der Waals surface area contributed by atoms with E-state index in [1.54, 1.807) is 18.2 Å². The van der Waals surface area contributed by atoms with Crippen LogP contribution in [0.4, 0.5) is 5.69 Å². The lowest BCUT2D eigenvalue weighted by atomic mass is 10.1. The van der Waals surface area contributed by atoms with Crippen molar-refractivity contribution in [1.29, 1.82) is 0 Å². The monoisotopic (exact) mass is 435 g/mol. The van der Waals surface area contributed by atoms with Gasteiger partial charge in [-0.2, -0.15) is 0 Å². The van der Waals surface area contributed by atoms with Gasteiger partial charge < -0.3 is 10.6 Å². The van der Waals surface area contributed by atoms with Crippen molar-refractivity contribution >= 4 is 50.0 Å². The highest BCUT2D eigenvalue weighted by atomic mass is 35.5. The Bertz CT molecular complexity index is 1040. The summed E-state index contributed by atoms with van der Waals surface area (Å²) in [6.45, 7) is 0.436. The van der Waals surface area contributed by atoms with Crippen LogP contribution in [0.1, 0.15) is 15.9 Å². The van der Waals surface area contributed by atoms with E-state index in [-0.39, 0.29) is 28.7 Å². The summed E-state index contributed by atoms with van der Waals surface area (Å²) < 4.78 is 23.4. The minimum atomic E-state index is -2.99. The summed E-state index contributed by atoms with van der Waals surface area (Å²) in [4.78, 5) is 16.9. The van der Waals surface area contributed by atoms with Crippen LogP contribution in [0.5, 0.6) is 0 Å². The Morgan fingerprint density at radius 2 is 1.96 bits per heavy atom. The van der Waals surface area contributed by atoms with E-state index in [0.717, 1.165) is 5.56 Å². The molecule has 6 nitrogen and oxygen atoms in total. The standard InChI is InChI=1S/C19H18ClN3O3S2/c20-14-7-6-13(18(24)21-9-12-4-2-1-3-5-12)8-15(14)22-19-23-16-10-28(25,26)11-17(16)27-19/h1-8,16-17H,9-11H2,(H,21,24)(H,22,23)/t16-,17-/m1/s1. The van der Waals surface area contributed by atoms with Crippen molar-refractivity contribution in [1.82, 2.24) is 5.32 Å². The SMILES string of the molecule is O=C(NCc1ccccc1)c1ccc(Cl)c(NC2=N[C@@H]3CS(=O)(=O)C[C@H]3S2)c1. The molecule has 2 aromatic rings. The topological polar surface area (TPSA) is 87.6 Å². The molecule has 28 heavy (non-hydrogen) atoms. The van der Waals surface area contributed by atoms with Crippen LogP contribution in [-0.4, -0.2) is 42.3 Å². The zero-order chi connectivity index (χ0) is 19.7. The molecule has 0 bridgehead atoms. The van der Waals surface area contributed by atoms with Gasteiger partial charge in [-0.3, -0.25) is 9.79 Å². The van der Waals surface area contributed by atoms with Gasteiger partial charge in [-0.1, -0.05) is 53.7 Å². The fourth-order valence-electron chi connectivity index (χ4n) is 3.17. The molecule has 0 aromatic heterocycles. The fourth-order valence-corrected chi connectivity index (χ4v) is 7.01. The smallest absolute Gasteiger partial charge is 0.251 e. The van der Waals surface area contributed by atoms with Crippen molar-refractivity contribution < 1.29 is 13.2 Å². The lowest BCUT2D eigenvalue weighted by Gasteiger charge is -2.11. The third-order valence-corrected chi connectivity index (χ3v) is 8.06. The van der Waals surface area contributed by atoms with Gasteiger partial charge in [0.15, 0.2) is 15.0 Å². The van der Waals surface area contributed by atoms with Crippen LogP contribution < -0.4 is 10.6 Å². The van der Waals surface area contributed by atoms with E-state index in [9.17, 15) is 13.2 Å². The van der Waals surface area contributed by atoms with E-state index in [1.807, 2.05) is 30.3 Å². The van der Waals surface area contributed by atoms with Crippen LogP contribution in [0.3, 0.4) is 0 Å². The van der Waals surface area contributed by atoms with Crippen LogP contribution >= 0.6 is 23.4 Å². The Kier molecular flexibility index (Phi) is 5.35. The second-order valence-electron chi connectivity index (χ2n) is 6.72. The van der Waals surface area contributed by atoms with Crippen LogP contribution in [-0.2, 0) is 16.4 Å². The lowest BCUT2D eigenvalue weighted by Crippen LogP contribution is -2.23. The molecule has 2 heterocycles. The van der Waals surface area contributed by atoms with Gasteiger partial charge in [0.2, 0.25) is 0 Å². The Labute approximate surface area is 172 Å². The number of hydrogen-bond acceptors (Lipinski definition) is 6. The zero-order valence-corrected chi connectivity index (χ0v) is 17.2. The molecule has 0 radical (unpaired) electrons. The quantitative estimate of drug-likeness (QED) is 0.770. The summed E-state index contributed by atoms with van der Waals surface area (Å²) in [6.07, 6.45) is 0. The summed E-state index contributed by atoms with van der Waals surface area (Å²) in [5.74, 6) is 0.0330. The maximum Gasteiger partial charge on any atom is 0.251 e. The predicted octanol–water partition coefficient (Wildman–Crippen LogP) is 2.95. The van der Waals surface area contributed by atoms with Crippen molar-refractivity contribution in [2.24, 2.45) is 4.99 Å². The van der Waals surface area contributed by atoms with Crippen molar-refractivity contribution in [3.63, 3.8) is 0 Å². The number of anilines is 1. The maximum absolute atomic E-state index is 12.5. The summed E-state index contributed by atoms with van der Waals surface area (Å²) in [5, 5.41) is 7.07. The molecule has 0 spiro atoms. The van der Waals surface area contributed by atoms with Gasteiger partial charge >= 0.3 is 0 Å². The number of aliphatic imine (C=N–C) groups is 1. The molecule has 2 aliphatic rings. The van der Waals surface area contributed by atoms with Crippen LogP contribution in [0.15, 0.2) is 53.5 Å². The number of sulfone groups is 1. The lowest BCUT2D eigenvalue weighted by molar-refractivity contribution is 0.0951. The first kappa shape index (κ1) is 19.3. The molecular formula is C19H18ClN3O3S2. The molecule has 1 saturated heterocycles. The van der Waals surface area contributed by atoms with Gasteiger partial charge in [-0.25, -0.2) is 8.42 Å². The first-order chi connectivity index (χ1) is 13.4. The molecule has 0 saturated carbocycles. The number of amides is 1. The number of hydrogen-bond donors (Lipinski definition) is 2. The van der Waals surface area contributed by atoms with Gasteiger partial charge in [0.1, 0.15) is 0 Å². The summed E-state index contributed by atoms with van der Waals surface area (Å²) in [6, 6.07) is 14.5. The number of carbonyl (C=O) groups excluding carboxylic acids is 1. The number of rotatable bonds is 4. The normalized spacial score (nSPS) is 22.4. The number of halogens is 1. The van der Waals surface area contributed by atoms with E-state index in [4.69, 9.17) is 11.6 Å². The number of nitrogens with one attached hydrogen (secondary N) is 2. The van der Waals surface area contributed by atoms with Gasteiger partial charge in [-0.05, 0) is 23.8 Å². The first-order valence-electron chi connectivity index (χ1n) is 8.73. The van der Waals surface area contributed by atoms with Crippen LogP contribution in [0.25, 0.3) is 0 Å². The second kappa shape index (κ2) is 7.77. The Morgan fingerprint density at radius 1 is 1.18 bits per heavy atom. The van der Waals surface area contributed by atoms with Crippen molar-refractivity contribution in [2.45, 2.75) is 17.8 Å². The molecular weight excluding hydrogens is 418 g/mol. The molecule has 1 fully saturated rings. The number of carbonyl (C=O) groups is 1. The van der Waals surface area contributed by atoms with Gasteiger partial charge in [-0.15, -0.1) is 0 Å². The molecule has 1 amide bonds. The highest BCUT2D eigenvalue weighted by Gasteiger charge is 2.42. The minimum absolute atomic E-state index is 0.0522. The van der Waals surface area contributed by atoms with E-state index in [1.165, 1.54) is 11.8 Å². The highest BCUT2D eigenvalue weighted by molar-refractivity contribution is 8.15. The Morgan fingerprint density at radius 3 is 2.71 bits per heavy atom. The Balaban J connectivity index is 1.43. The van der Waals surface area contributed by atoms with E-state index in [0.29, 0.717) is 28.0 Å². The Hall–Kier alpha value is -2.03. The average Bonchev–Trinajstić information content (AvgIpc) is 3.15. The van der Waals surface area contributed by atoms with Crippen LogP contribution in [0, 0.1) is 0 Å². The molecule has 0 unspecified atom stereocenters. The fraction of sp³-hybridized carbons (Fsp3) is 0.263. The largest absolute Gasteiger partial charge is 0.348 e. The number of benzene rings is 2. The highest BCUT2D eigenvalue weighted by Crippen LogP contribution is 2.35. The predicted molar refractivity (Wildman–Crippen MR) is 114 cm³/mol. The molecule has 0 aliphatic carbocycles. The third kappa shape index (κ3) is 4.34. The number of amidine groups is 1. The molecule has 2 N–H and O–H groups in total. The molecule has 2 aliphatic heterocycles. The maximum atomic E-state index is 12.5. The molecule has 2 aromatic carbocycles. The van der Waals surface area contributed by atoms with E-state index >= 15 is 0 Å². The van der Waals surface area contributed by atoms with E-state index in [2.05, 4.69) is 15.6 Å². The zero-order valence-electron chi connectivity index (χ0n) is 14.8. The molecule has 9 heteroatoms. The van der Waals surface area contributed by atoms with Gasteiger partial charge in [0.25, 0.3) is 5.91 Å². The minimum Gasteiger partial charge on any atom is -0.348 e. The number of fused-ring (bicyclic) bond motifs is 1. The third-order valence-electron chi connectivity index (χ3n) is 4.58.